The van der Waals surface area contributed by atoms with Crippen LogP contribution in [0.2, 0.25) is 0 Å². The second kappa shape index (κ2) is 6.57. The van der Waals surface area contributed by atoms with Gasteiger partial charge in [-0.05, 0) is 53.9 Å². The number of carbonyl (C=O) groups excluding carboxylic acids is 2. The fourth-order valence-electron chi connectivity index (χ4n) is 4.70. The zero-order chi connectivity index (χ0) is 20.2. The zero-order valence-electron chi connectivity index (χ0n) is 16.8. The Morgan fingerprint density at radius 1 is 1.22 bits per heavy atom. The number of esters is 1. The van der Waals surface area contributed by atoms with Gasteiger partial charge in [0.15, 0.2) is 0 Å². The van der Waals surface area contributed by atoms with E-state index >= 15 is 0 Å². The summed E-state index contributed by atoms with van der Waals surface area (Å²) in [6.07, 6.45) is 0.836. The summed E-state index contributed by atoms with van der Waals surface area (Å²) in [6, 6.07) is -1.65. The van der Waals surface area contributed by atoms with Gasteiger partial charge in [-0.25, -0.2) is 13.6 Å². The van der Waals surface area contributed by atoms with E-state index in [1.807, 2.05) is 6.92 Å². The largest absolute Gasteiger partial charge is 0.466 e. The van der Waals surface area contributed by atoms with Crippen molar-refractivity contribution in [3.8, 4) is 0 Å². The molecule has 2 saturated heterocycles. The molecule has 0 spiro atoms. The highest BCUT2D eigenvalue weighted by Gasteiger charge is 2.64. The predicted molar refractivity (Wildman–Crippen MR) is 94.5 cm³/mol. The standard InChI is InChI=1S/C19H30F2N2O4/c1-6-26-15(24)18(5)9-12(10-18)22-8-7-13-14(22)19(20,21)11-23(13)16(25)27-17(2,3)4/h12-14H,6-11H2,1-5H3/t12?,13-,14+,18?/m0/s1. The average molecular weight is 388 g/mol. The Labute approximate surface area is 159 Å². The van der Waals surface area contributed by atoms with Gasteiger partial charge in [0.1, 0.15) is 5.60 Å². The van der Waals surface area contributed by atoms with E-state index in [0.29, 0.717) is 32.4 Å². The lowest BCUT2D eigenvalue weighted by atomic mass is 9.66. The maximum absolute atomic E-state index is 14.8. The Balaban J connectivity index is 1.69. The van der Waals surface area contributed by atoms with Crippen LogP contribution in [0, 0.1) is 5.41 Å². The third kappa shape index (κ3) is 3.65. The molecule has 0 aromatic rings. The molecule has 0 aromatic heterocycles. The van der Waals surface area contributed by atoms with Crippen LogP contribution in [-0.2, 0) is 14.3 Å². The van der Waals surface area contributed by atoms with Crippen LogP contribution in [0.5, 0.6) is 0 Å². The second-order valence-corrected chi connectivity index (χ2v) is 9.25. The molecule has 2 heterocycles. The highest BCUT2D eigenvalue weighted by Crippen LogP contribution is 2.50. The molecule has 27 heavy (non-hydrogen) atoms. The van der Waals surface area contributed by atoms with Gasteiger partial charge in [-0.1, -0.05) is 0 Å². The van der Waals surface area contributed by atoms with Crippen LogP contribution in [0.3, 0.4) is 0 Å². The Morgan fingerprint density at radius 3 is 2.41 bits per heavy atom. The van der Waals surface area contributed by atoms with Crippen molar-refractivity contribution in [2.24, 2.45) is 5.41 Å². The number of nitrogens with zero attached hydrogens (tertiary/aromatic N) is 2. The van der Waals surface area contributed by atoms with Crippen LogP contribution >= 0.6 is 0 Å². The molecular formula is C19H30F2N2O4. The SMILES string of the molecule is CCOC(=O)C1(C)CC(N2CC[C@H]3[C@@H]2C(F)(F)CN3C(=O)OC(C)(C)C)C1. The molecule has 3 fully saturated rings. The van der Waals surface area contributed by atoms with E-state index in [0.717, 1.165) is 0 Å². The number of carbonyl (C=O) groups is 2. The number of rotatable bonds is 3. The number of halogens is 2. The van der Waals surface area contributed by atoms with Crippen LogP contribution in [0.1, 0.15) is 53.9 Å². The summed E-state index contributed by atoms with van der Waals surface area (Å²) in [4.78, 5) is 27.5. The zero-order valence-corrected chi connectivity index (χ0v) is 16.8. The van der Waals surface area contributed by atoms with Crippen molar-refractivity contribution in [3.05, 3.63) is 0 Å². The van der Waals surface area contributed by atoms with Gasteiger partial charge in [-0.2, -0.15) is 0 Å². The molecule has 1 aliphatic carbocycles. The molecule has 2 atom stereocenters. The number of hydrogen-bond donors (Lipinski definition) is 0. The highest BCUT2D eigenvalue weighted by molar-refractivity contribution is 5.77. The molecule has 0 N–H and O–H groups in total. The molecule has 2 aliphatic heterocycles. The summed E-state index contributed by atoms with van der Waals surface area (Å²) < 4.78 is 40.0. The topological polar surface area (TPSA) is 59.1 Å². The van der Waals surface area contributed by atoms with E-state index < -0.39 is 41.7 Å². The van der Waals surface area contributed by atoms with Crippen LogP contribution in [0.15, 0.2) is 0 Å². The summed E-state index contributed by atoms with van der Waals surface area (Å²) in [7, 11) is 0. The summed E-state index contributed by atoms with van der Waals surface area (Å²) >= 11 is 0. The van der Waals surface area contributed by atoms with E-state index in [1.165, 1.54) is 4.90 Å². The number of alkyl halides is 2. The van der Waals surface area contributed by atoms with E-state index in [-0.39, 0.29) is 12.0 Å². The average Bonchev–Trinajstić information content (AvgIpc) is 3.02. The van der Waals surface area contributed by atoms with Gasteiger partial charge in [0, 0.05) is 12.6 Å². The Kier molecular flexibility index (Phi) is 4.94. The van der Waals surface area contributed by atoms with Crippen LogP contribution in [-0.4, -0.2) is 71.2 Å². The molecule has 0 aromatic carbocycles. The van der Waals surface area contributed by atoms with E-state index in [9.17, 15) is 18.4 Å². The van der Waals surface area contributed by atoms with Crippen molar-refractivity contribution in [3.63, 3.8) is 0 Å². The van der Waals surface area contributed by atoms with E-state index in [2.05, 4.69) is 0 Å². The quantitative estimate of drug-likeness (QED) is 0.696. The summed E-state index contributed by atoms with van der Waals surface area (Å²) in [5.41, 5.74) is -1.32. The summed E-state index contributed by atoms with van der Waals surface area (Å²) in [6.45, 7) is 8.95. The Hall–Kier alpha value is -1.44. The van der Waals surface area contributed by atoms with E-state index in [1.54, 1.807) is 32.6 Å². The van der Waals surface area contributed by atoms with Crippen molar-refractivity contribution >= 4 is 12.1 Å². The minimum Gasteiger partial charge on any atom is -0.466 e. The number of fused-ring (bicyclic) bond motifs is 1. The van der Waals surface area contributed by atoms with E-state index in [4.69, 9.17) is 9.47 Å². The molecule has 1 saturated carbocycles. The van der Waals surface area contributed by atoms with Gasteiger partial charge in [0.2, 0.25) is 0 Å². The second-order valence-electron chi connectivity index (χ2n) is 9.25. The van der Waals surface area contributed by atoms with Crippen molar-refractivity contribution in [1.29, 1.82) is 0 Å². The predicted octanol–water partition coefficient (Wildman–Crippen LogP) is 3.05. The van der Waals surface area contributed by atoms with Crippen LogP contribution in [0.25, 0.3) is 0 Å². The van der Waals surface area contributed by atoms with Crippen LogP contribution < -0.4 is 0 Å². The molecule has 3 aliphatic rings. The molecule has 3 rings (SSSR count). The van der Waals surface area contributed by atoms with Gasteiger partial charge in [-0.3, -0.25) is 14.6 Å². The first-order valence-electron chi connectivity index (χ1n) is 9.68. The van der Waals surface area contributed by atoms with Gasteiger partial charge in [0.05, 0.1) is 30.7 Å². The molecular weight excluding hydrogens is 358 g/mol. The minimum atomic E-state index is -2.99. The lowest BCUT2D eigenvalue weighted by molar-refractivity contribution is -0.166. The van der Waals surface area contributed by atoms with Crippen molar-refractivity contribution in [1.82, 2.24) is 9.80 Å². The number of likely N-dealkylation sites (tertiary alicyclic amines) is 2. The molecule has 154 valence electrons. The third-order valence-corrected chi connectivity index (χ3v) is 5.86. The van der Waals surface area contributed by atoms with Gasteiger partial charge >= 0.3 is 12.1 Å². The number of hydrogen-bond acceptors (Lipinski definition) is 5. The molecule has 0 radical (unpaired) electrons. The lowest BCUT2D eigenvalue weighted by Gasteiger charge is -2.49. The fourth-order valence-corrected chi connectivity index (χ4v) is 4.70. The monoisotopic (exact) mass is 388 g/mol. The van der Waals surface area contributed by atoms with Crippen molar-refractivity contribution < 1.29 is 27.8 Å². The van der Waals surface area contributed by atoms with Crippen molar-refractivity contribution in [2.45, 2.75) is 83.5 Å². The first-order chi connectivity index (χ1) is 12.4. The van der Waals surface area contributed by atoms with Gasteiger partial charge in [0.25, 0.3) is 5.92 Å². The van der Waals surface area contributed by atoms with Gasteiger partial charge in [-0.15, -0.1) is 0 Å². The molecule has 6 nitrogen and oxygen atoms in total. The maximum atomic E-state index is 14.8. The Bertz CT molecular complexity index is 613. The smallest absolute Gasteiger partial charge is 0.410 e. The molecule has 1 amide bonds. The van der Waals surface area contributed by atoms with Crippen molar-refractivity contribution in [2.75, 3.05) is 19.7 Å². The Morgan fingerprint density at radius 2 is 1.85 bits per heavy atom. The highest BCUT2D eigenvalue weighted by atomic mass is 19.3. The van der Waals surface area contributed by atoms with Crippen LogP contribution in [0.4, 0.5) is 13.6 Å². The fraction of sp³-hybridized carbons (Fsp3) is 0.895. The van der Waals surface area contributed by atoms with Gasteiger partial charge < -0.3 is 9.47 Å². The normalized spacial score (nSPS) is 35.5. The maximum Gasteiger partial charge on any atom is 0.410 e. The number of amides is 1. The first-order valence-corrected chi connectivity index (χ1v) is 9.68. The molecule has 0 unspecified atom stereocenters. The molecule has 0 bridgehead atoms. The summed E-state index contributed by atoms with van der Waals surface area (Å²) in [5.74, 6) is -3.25. The third-order valence-electron chi connectivity index (χ3n) is 5.86. The minimum absolute atomic E-state index is 0.0844. The summed E-state index contributed by atoms with van der Waals surface area (Å²) in [5, 5.41) is 0. The molecule has 8 heteroatoms. The lowest BCUT2D eigenvalue weighted by Crippen LogP contribution is -2.58. The first kappa shape index (κ1) is 20.3. The number of ether oxygens (including phenoxy) is 2.